The SMILES string of the molecule is CCNC(=NCCc1nc(-c2cccc(Cl)c2)no1)NCC.I. The van der Waals surface area contributed by atoms with Crippen molar-refractivity contribution in [3.05, 3.63) is 35.2 Å². The van der Waals surface area contributed by atoms with Gasteiger partial charge in [0.15, 0.2) is 5.96 Å². The van der Waals surface area contributed by atoms with Gasteiger partial charge in [-0.2, -0.15) is 4.98 Å². The maximum absolute atomic E-state index is 5.96. The quantitative estimate of drug-likeness (QED) is 0.403. The molecule has 0 radical (unpaired) electrons. The number of aromatic nitrogens is 2. The average molecular weight is 450 g/mol. The van der Waals surface area contributed by atoms with Gasteiger partial charge >= 0.3 is 0 Å². The van der Waals surface area contributed by atoms with Gasteiger partial charge in [-0.25, -0.2) is 0 Å². The van der Waals surface area contributed by atoms with Crippen LogP contribution in [0.4, 0.5) is 0 Å². The summed E-state index contributed by atoms with van der Waals surface area (Å²) in [6, 6.07) is 7.37. The molecule has 0 aliphatic heterocycles. The van der Waals surface area contributed by atoms with Crippen molar-refractivity contribution in [3.63, 3.8) is 0 Å². The Labute approximate surface area is 158 Å². The van der Waals surface area contributed by atoms with Crippen molar-refractivity contribution in [1.82, 2.24) is 20.8 Å². The summed E-state index contributed by atoms with van der Waals surface area (Å²) in [5.41, 5.74) is 0.840. The Balaban J connectivity index is 0.00000264. The van der Waals surface area contributed by atoms with Crippen LogP contribution in [0.25, 0.3) is 11.4 Å². The lowest BCUT2D eigenvalue weighted by molar-refractivity contribution is 0.380. The molecule has 0 saturated heterocycles. The highest BCUT2D eigenvalue weighted by molar-refractivity contribution is 14.0. The molecule has 0 atom stereocenters. The zero-order valence-electron chi connectivity index (χ0n) is 13.2. The standard InChI is InChI=1S/C15H20ClN5O.HI/c1-3-17-15(18-4-2)19-9-8-13-20-14(21-22-13)11-6-5-7-12(16)10-11;/h5-7,10H,3-4,8-9H2,1-2H3,(H2,17,18,19);1H. The van der Waals surface area contributed by atoms with Gasteiger partial charge in [0.2, 0.25) is 11.7 Å². The summed E-state index contributed by atoms with van der Waals surface area (Å²) < 4.78 is 5.25. The topological polar surface area (TPSA) is 75.3 Å². The van der Waals surface area contributed by atoms with Crippen molar-refractivity contribution in [3.8, 4) is 11.4 Å². The van der Waals surface area contributed by atoms with E-state index in [1.54, 1.807) is 0 Å². The number of rotatable bonds is 6. The van der Waals surface area contributed by atoms with E-state index in [9.17, 15) is 0 Å². The van der Waals surface area contributed by atoms with Gasteiger partial charge in [0.1, 0.15) is 0 Å². The van der Waals surface area contributed by atoms with E-state index in [0.29, 0.717) is 29.7 Å². The van der Waals surface area contributed by atoms with Crippen molar-refractivity contribution in [2.75, 3.05) is 19.6 Å². The predicted molar refractivity (Wildman–Crippen MR) is 104 cm³/mol. The summed E-state index contributed by atoms with van der Waals surface area (Å²) in [4.78, 5) is 8.80. The summed E-state index contributed by atoms with van der Waals surface area (Å²) in [6.07, 6.45) is 0.591. The van der Waals surface area contributed by atoms with Crippen molar-refractivity contribution in [2.24, 2.45) is 4.99 Å². The van der Waals surface area contributed by atoms with Gasteiger partial charge in [0.25, 0.3) is 0 Å². The molecule has 23 heavy (non-hydrogen) atoms. The van der Waals surface area contributed by atoms with Gasteiger partial charge in [-0.3, -0.25) is 4.99 Å². The van der Waals surface area contributed by atoms with E-state index in [1.807, 2.05) is 38.1 Å². The highest BCUT2D eigenvalue weighted by Crippen LogP contribution is 2.19. The Morgan fingerprint density at radius 1 is 1.26 bits per heavy atom. The number of halogens is 2. The van der Waals surface area contributed by atoms with E-state index >= 15 is 0 Å². The van der Waals surface area contributed by atoms with Crippen LogP contribution in [0.3, 0.4) is 0 Å². The second-order valence-electron chi connectivity index (χ2n) is 4.56. The molecule has 0 aliphatic rings. The maximum Gasteiger partial charge on any atom is 0.228 e. The van der Waals surface area contributed by atoms with E-state index in [4.69, 9.17) is 16.1 Å². The number of benzene rings is 1. The fourth-order valence-corrected chi connectivity index (χ4v) is 2.06. The second-order valence-corrected chi connectivity index (χ2v) is 5.00. The molecular formula is C15H21ClIN5O. The zero-order chi connectivity index (χ0) is 15.8. The first-order valence-corrected chi connectivity index (χ1v) is 7.71. The predicted octanol–water partition coefficient (Wildman–Crippen LogP) is 3.13. The Kier molecular flexibility index (Phi) is 8.93. The van der Waals surface area contributed by atoms with Crippen LogP contribution < -0.4 is 10.6 Å². The van der Waals surface area contributed by atoms with Gasteiger partial charge in [0.05, 0.1) is 6.54 Å². The van der Waals surface area contributed by atoms with Crippen molar-refractivity contribution in [1.29, 1.82) is 0 Å². The molecule has 126 valence electrons. The van der Waals surface area contributed by atoms with Crippen molar-refractivity contribution < 1.29 is 4.52 Å². The van der Waals surface area contributed by atoms with Crippen LogP contribution >= 0.6 is 35.6 Å². The molecule has 2 N–H and O–H groups in total. The highest BCUT2D eigenvalue weighted by Gasteiger charge is 2.08. The smallest absolute Gasteiger partial charge is 0.228 e. The monoisotopic (exact) mass is 449 g/mol. The van der Waals surface area contributed by atoms with Gasteiger partial charge in [-0.15, -0.1) is 24.0 Å². The molecule has 0 unspecified atom stereocenters. The van der Waals surface area contributed by atoms with E-state index in [0.717, 1.165) is 24.6 Å². The molecule has 0 fully saturated rings. The number of nitrogens with zero attached hydrogens (tertiary/aromatic N) is 3. The summed E-state index contributed by atoms with van der Waals surface area (Å²) >= 11 is 5.96. The van der Waals surface area contributed by atoms with Crippen molar-refractivity contribution in [2.45, 2.75) is 20.3 Å². The number of aliphatic imine (C=N–C) groups is 1. The molecule has 2 aromatic rings. The molecule has 1 aromatic heterocycles. The maximum atomic E-state index is 5.96. The first-order chi connectivity index (χ1) is 10.7. The van der Waals surface area contributed by atoms with E-state index in [2.05, 4.69) is 25.8 Å². The molecule has 1 aromatic carbocycles. The van der Waals surface area contributed by atoms with E-state index in [1.165, 1.54) is 0 Å². The second kappa shape index (κ2) is 10.4. The zero-order valence-corrected chi connectivity index (χ0v) is 16.3. The minimum absolute atomic E-state index is 0. The van der Waals surface area contributed by atoms with E-state index < -0.39 is 0 Å². The van der Waals surface area contributed by atoms with Crippen LogP contribution in [-0.4, -0.2) is 35.7 Å². The van der Waals surface area contributed by atoms with E-state index in [-0.39, 0.29) is 24.0 Å². The van der Waals surface area contributed by atoms with Crippen LogP contribution in [0, 0.1) is 0 Å². The summed E-state index contributed by atoms with van der Waals surface area (Å²) in [7, 11) is 0. The molecule has 0 spiro atoms. The van der Waals surface area contributed by atoms with Crippen molar-refractivity contribution >= 4 is 41.5 Å². The van der Waals surface area contributed by atoms with Crippen LogP contribution in [0.1, 0.15) is 19.7 Å². The first kappa shape index (κ1) is 19.7. The summed E-state index contributed by atoms with van der Waals surface area (Å²) in [5.74, 6) is 1.89. The summed E-state index contributed by atoms with van der Waals surface area (Å²) in [6.45, 7) is 6.29. The fourth-order valence-electron chi connectivity index (χ4n) is 1.87. The summed E-state index contributed by atoms with van der Waals surface area (Å²) in [5, 5.41) is 11.0. The molecule has 6 nitrogen and oxygen atoms in total. The molecule has 0 saturated carbocycles. The largest absolute Gasteiger partial charge is 0.357 e. The third kappa shape index (κ3) is 6.34. The lowest BCUT2D eigenvalue weighted by atomic mass is 10.2. The molecular weight excluding hydrogens is 429 g/mol. The van der Waals surface area contributed by atoms with Gasteiger partial charge < -0.3 is 15.2 Å². The first-order valence-electron chi connectivity index (χ1n) is 7.33. The van der Waals surface area contributed by atoms with Crippen LogP contribution in [0.15, 0.2) is 33.8 Å². The van der Waals surface area contributed by atoms with Gasteiger partial charge in [-0.1, -0.05) is 28.9 Å². The molecule has 0 bridgehead atoms. The number of guanidine groups is 1. The lowest BCUT2D eigenvalue weighted by Crippen LogP contribution is -2.37. The molecule has 2 rings (SSSR count). The van der Waals surface area contributed by atoms with Crippen LogP contribution in [0.2, 0.25) is 5.02 Å². The molecule has 0 aliphatic carbocycles. The molecule has 8 heteroatoms. The van der Waals surface area contributed by atoms with Crippen LogP contribution in [-0.2, 0) is 6.42 Å². The minimum atomic E-state index is 0. The van der Waals surface area contributed by atoms with Gasteiger partial charge in [0, 0.05) is 30.1 Å². The molecule has 0 amide bonds. The Morgan fingerprint density at radius 2 is 2.00 bits per heavy atom. The Hall–Kier alpha value is -1.35. The van der Waals surface area contributed by atoms with Crippen LogP contribution in [0.5, 0.6) is 0 Å². The normalized spacial score (nSPS) is 9.87. The fraction of sp³-hybridized carbons (Fsp3) is 0.400. The number of hydrogen-bond donors (Lipinski definition) is 2. The third-order valence-corrected chi connectivity index (χ3v) is 3.07. The highest BCUT2D eigenvalue weighted by atomic mass is 127. The molecule has 1 heterocycles. The minimum Gasteiger partial charge on any atom is -0.357 e. The van der Waals surface area contributed by atoms with Gasteiger partial charge in [-0.05, 0) is 26.0 Å². The average Bonchev–Trinajstić information content (AvgIpc) is 2.97. The Morgan fingerprint density at radius 3 is 2.65 bits per heavy atom. The number of hydrogen-bond acceptors (Lipinski definition) is 4. The third-order valence-electron chi connectivity index (χ3n) is 2.83. The Bertz CT molecular complexity index is 624. The number of nitrogens with one attached hydrogen (secondary N) is 2. The lowest BCUT2D eigenvalue weighted by Gasteiger charge is -2.08.